The molecule has 2 N–H and O–H groups in total. The Bertz CT molecular complexity index is 377. The van der Waals surface area contributed by atoms with Crippen molar-refractivity contribution in [3.05, 3.63) is 35.9 Å². The van der Waals surface area contributed by atoms with Crippen molar-refractivity contribution in [3.63, 3.8) is 0 Å². The van der Waals surface area contributed by atoms with Crippen molar-refractivity contribution in [2.45, 2.75) is 26.8 Å². The molecule has 0 atom stereocenters. The Labute approximate surface area is 146 Å². The van der Waals surface area contributed by atoms with Crippen molar-refractivity contribution in [1.29, 1.82) is 0 Å². The molecule has 4 nitrogen and oxygen atoms in total. The molecule has 0 saturated carbocycles. The molecular formula is C16H29IN4. The fraction of sp³-hybridized carbons (Fsp3) is 0.562. The molecule has 120 valence electrons. The number of nitrogens with zero attached hydrogens (tertiary/aromatic N) is 2. The summed E-state index contributed by atoms with van der Waals surface area (Å²) in [6.07, 6.45) is 1.13. The molecule has 0 aliphatic heterocycles. The van der Waals surface area contributed by atoms with Crippen molar-refractivity contribution < 1.29 is 0 Å². The number of nitrogens with one attached hydrogen (secondary N) is 2. The van der Waals surface area contributed by atoms with E-state index < -0.39 is 0 Å². The minimum absolute atomic E-state index is 0. The van der Waals surface area contributed by atoms with E-state index >= 15 is 0 Å². The molecule has 1 aromatic rings. The Balaban J connectivity index is 0.00000400. The molecule has 0 bridgehead atoms. The molecule has 0 aromatic heterocycles. The molecule has 1 aromatic carbocycles. The molecule has 21 heavy (non-hydrogen) atoms. The number of hydrogen-bond acceptors (Lipinski definition) is 2. The second-order valence-electron chi connectivity index (χ2n) is 4.72. The first kappa shape index (κ1) is 20.2. The van der Waals surface area contributed by atoms with Gasteiger partial charge in [0.05, 0.1) is 0 Å². The minimum Gasteiger partial charge on any atom is -0.356 e. The molecule has 0 spiro atoms. The Morgan fingerprint density at radius 3 is 2.33 bits per heavy atom. The van der Waals surface area contributed by atoms with E-state index in [0.29, 0.717) is 0 Å². The van der Waals surface area contributed by atoms with Crippen LogP contribution in [0.25, 0.3) is 0 Å². The molecule has 0 radical (unpaired) electrons. The maximum Gasteiger partial charge on any atom is 0.191 e. The quantitative estimate of drug-likeness (QED) is 0.303. The number of halogens is 1. The first-order chi connectivity index (χ1) is 9.80. The second kappa shape index (κ2) is 12.9. The van der Waals surface area contributed by atoms with Gasteiger partial charge in [0, 0.05) is 20.1 Å². The lowest BCUT2D eigenvalue weighted by Crippen LogP contribution is -2.38. The lowest BCUT2D eigenvalue weighted by Gasteiger charge is -2.18. The van der Waals surface area contributed by atoms with Crippen LogP contribution in [-0.2, 0) is 6.54 Å². The summed E-state index contributed by atoms with van der Waals surface area (Å²) >= 11 is 0. The number of guanidine groups is 1. The highest BCUT2D eigenvalue weighted by molar-refractivity contribution is 14.0. The Morgan fingerprint density at radius 2 is 1.76 bits per heavy atom. The van der Waals surface area contributed by atoms with Gasteiger partial charge < -0.3 is 15.5 Å². The molecule has 0 saturated heterocycles. The molecule has 0 amide bonds. The van der Waals surface area contributed by atoms with Gasteiger partial charge >= 0.3 is 0 Å². The average Bonchev–Trinajstić information content (AvgIpc) is 2.51. The molecule has 0 fully saturated rings. The largest absolute Gasteiger partial charge is 0.356 e. The summed E-state index contributed by atoms with van der Waals surface area (Å²) in [7, 11) is 1.81. The topological polar surface area (TPSA) is 39.7 Å². The zero-order valence-corrected chi connectivity index (χ0v) is 15.8. The van der Waals surface area contributed by atoms with E-state index in [1.54, 1.807) is 0 Å². The molecule has 0 unspecified atom stereocenters. The molecule has 1 rings (SSSR count). The zero-order chi connectivity index (χ0) is 14.6. The van der Waals surface area contributed by atoms with Gasteiger partial charge in [-0.05, 0) is 31.6 Å². The highest BCUT2D eigenvalue weighted by Crippen LogP contribution is 1.96. The van der Waals surface area contributed by atoms with E-state index in [1.807, 2.05) is 13.1 Å². The van der Waals surface area contributed by atoms with E-state index in [1.165, 1.54) is 5.56 Å². The van der Waals surface area contributed by atoms with Gasteiger partial charge in [0.1, 0.15) is 0 Å². The predicted molar refractivity (Wildman–Crippen MR) is 102 cm³/mol. The minimum atomic E-state index is 0. The highest BCUT2D eigenvalue weighted by Gasteiger charge is 2.00. The summed E-state index contributed by atoms with van der Waals surface area (Å²) in [5.74, 6) is 0.869. The van der Waals surface area contributed by atoms with Crippen LogP contribution in [0, 0.1) is 0 Å². The highest BCUT2D eigenvalue weighted by atomic mass is 127. The van der Waals surface area contributed by atoms with Gasteiger partial charge in [0.15, 0.2) is 5.96 Å². The lowest BCUT2D eigenvalue weighted by molar-refractivity contribution is 0.300. The van der Waals surface area contributed by atoms with Gasteiger partial charge in [0.25, 0.3) is 0 Å². The van der Waals surface area contributed by atoms with E-state index in [-0.39, 0.29) is 24.0 Å². The van der Waals surface area contributed by atoms with Crippen molar-refractivity contribution in [1.82, 2.24) is 15.5 Å². The van der Waals surface area contributed by atoms with Crippen LogP contribution in [0.5, 0.6) is 0 Å². The van der Waals surface area contributed by atoms with Gasteiger partial charge in [-0.3, -0.25) is 4.99 Å². The summed E-state index contributed by atoms with van der Waals surface area (Å²) < 4.78 is 0. The third-order valence-corrected chi connectivity index (χ3v) is 3.36. The van der Waals surface area contributed by atoms with Crippen molar-refractivity contribution in [2.24, 2.45) is 4.99 Å². The summed E-state index contributed by atoms with van der Waals surface area (Å²) in [6.45, 7) is 9.54. The van der Waals surface area contributed by atoms with Crippen molar-refractivity contribution in [3.8, 4) is 0 Å². The Hall–Kier alpha value is -0.820. The molecule has 5 heteroatoms. The van der Waals surface area contributed by atoms with Crippen LogP contribution in [0.15, 0.2) is 35.3 Å². The number of benzene rings is 1. The predicted octanol–water partition coefficient (Wildman–Crippen LogP) is 2.70. The standard InChI is InChI=1S/C16H28N4.HI/c1-4-20(5-2)13-9-12-18-16(17-3)19-14-15-10-7-6-8-11-15;/h6-8,10-11H,4-5,9,12-14H2,1-3H3,(H2,17,18,19);1H. The van der Waals surface area contributed by atoms with Crippen LogP contribution in [0.2, 0.25) is 0 Å². The monoisotopic (exact) mass is 404 g/mol. The zero-order valence-electron chi connectivity index (χ0n) is 13.4. The van der Waals surface area contributed by atoms with E-state index in [2.05, 4.69) is 58.6 Å². The van der Waals surface area contributed by atoms with E-state index in [9.17, 15) is 0 Å². The summed E-state index contributed by atoms with van der Waals surface area (Å²) in [6, 6.07) is 10.4. The third kappa shape index (κ3) is 8.93. The van der Waals surface area contributed by atoms with E-state index in [4.69, 9.17) is 0 Å². The van der Waals surface area contributed by atoms with Crippen LogP contribution >= 0.6 is 24.0 Å². The van der Waals surface area contributed by atoms with Crippen molar-refractivity contribution >= 4 is 29.9 Å². The second-order valence-corrected chi connectivity index (χ2v) is 4.72. The van der Waals surface area contributed by atoms with E-state index in [0.717, 1.165) is 45.1 Å². The number of aliphatic imine (C=N–C) groups is 1. The maximum atomic E-state index is 4.24. The fourth-order valence-electron chi connectivity index (χ4n) is 2.05. The first-order valence-corrected chi connectivity index (χ1v) is 7.51. The van der Waals surface area contributed by atoms with Gasteiger partial charge in [-0.15, -0.1) is 24.0 Å². The smallest absolute Gasteiger partial charge is 0.191 e. The summed E-state index contributed by atoms with van der Waals surface area (Å²) in [4.78, 5) is 6.67. The van der Waals surface area contributed by atoms with Crippen LogP contribution < -0.4 is 10.6 Å². The van der Waals surface area contributed by atoms with Gasteiger partial charge in [-0.25, -0.2) is 0 Å². The van der Waals surface area contributed by atoms with Gasteiger partial charge in [0.2, 0.25) is 0 Å². The number of hydrogen-bond donors (Lipinski definition) is 2. The SMILES string of the molecule is CCN(CC)CCCNC(=NC)NCc1ccccc1.I. The third-order valence-electron chi connectivity index (χ3n) is 3.36. The van der Waals surface area contributed by atoms with Gasteiger partial charge in [-0.1, -0.05) is 44.2 Å². The lowest BCUT2D eigenvalue weighted by atomic mass is 10.2. The molecule has 0 aliphatic carbocycles. The fourth-order valence-corrected chi connectivity index (χ4v) is 2.05. The summed E-state index contributed by atoms with van der Waals surface area (Å²) in [5.41, 5.74) is 1.26. The van der Waals surface area contributed by atoms with Gasteiger partial charge in [-0.2, -0.15) is 0 Å². The van der Waals surface area contributed by atoms with Crippen LogP contribution in [0.4, 0.5) is 0 Å². The molecular weight excluding hydrogens is 375 g/mol. The first-order valence-electron chi connectivity index (χ1n) is 7.51. The number of rotatable bonds is 8. The van der Waals surface area contributed by atoms with Crippen molar-refractivity contribution in [2.75, 3.05) is 33.2 Å². The molecule has 0 aliphatic rings. The summed E-state index contributed by atoms with van der Waals surface area (Å²) in [5, 5.41) is 6.68. The van der Waals surface area contributed by atoms with Crippen LogP contribution in [-0.4, -0.2) is 44.1 Å². The Kier molecular flexibility index (Phi) is 12.4. The normalized spacial score (nSPS) is 11.1. The average molecular weight is 404 g/mol. The van der Waals surface area contributed by atoms with Crippen LogP contribution in [0.1, 0.15) is 25.8 Å². The maximum absolute atomic E-state index is 4.24. The van der Waals surface area contributed by atoms with Crippen LogP contribution in [0.3, 0.4) is 0 Å². The Morgan fingerprint density at radius 1 is 1.10 bits per heavy atom. The molecule has 0 heterocycles.